The van der Waals surface area contributed by atoms with Crippen molar-refractivity contribution in [2.24, 2.45) is 0 Å². The fraction of sp³-hybridized carbons (Fsp3) is 0. The summed E-state index contributed by atoms with van der Waals surface area (Å²) in [5, 5.41) is 24.9. The van der Waals surface area contributed by atoms with Gasteiger partial charge in [0.1, 0.15) is 11.6 Å². The monoisotopic (exact) mass is 422 g/mol. The molecule has 10 nitrogen and oxygen atoms in total. The third-order valence-corrected chi connectivity index (χ3v) is 4.47. The number of anilines is 2. The standard InChI is InChI=1S/C16H11ClN4O6S/c17-14-5-4-12(21(23)24)7-15(14)19-9-10(8-18)16(22)20-11-2-1-3-13(6-11)28(25,26)27/h1-7,9,19H,(H,20,22)(H,25,26,27)/b10-9-. The second kappa shape index (κ2) is 8.49. The maximum atomic E-state index is 12.2. The molecule has 0 aliphatic heterocycles. The zero-order chi connectivity index (χ0) is 20.9. The van der Waals surface area contributed by atoms with Crippen LogP contribution < -0.4 is 10.6 Å². The van der Waals surface area contributed by atoms with Crippen LogP contribution in [0.1, 0.15) is 0 Å². The highest BCUT2D eigenvalue weighted by molar-refractivity contribution is 7.85. The van der Waals surface area contributed by atoms with Gasteiger partial charge in [-0.1, -0.05) is 17.7 Å². The first kappa shape index (κ1) is 20.8. The van der Waals surface area contributed by atoms with Crippen LogP contribution >= 0.6 is 11.6 Å². The average Bonchev–Trinajstić information content (AvgIpc) is 2.63. The average molecular weight is 423 g/mol. The van der Waals surface area contributed by atoms with Crippen LogP contribution in [0.4, 0.5) is 17.1 Å². The SMILES string of the molecule is N#C/C(=C/Nc1cc([N+](=O)[O-])ccc1Cl)C(=O)Nc1cccc(S(=O)(=O)O)c1. The van der Waals surface area contributed by atoms with Gasteiger partial charge in [-0.2, -0.15) is 13.7 Å². The van der Waals surface area contributed by atoms with Crippen LogP contribution in [0.15, 0.2) is 59.1 Å². The number of carbonyl (C=O) groups excluding carboxylic acids is 1. The molecule has 0 aliphatic rings. The summed E-state index contributed by atoms with van der Waals surface area (Å²) in [4.78, 5) is 21.9. The molecule has 0 heterocycles. The molecule has 0 unspecified atom stereocenters. The van der Waals surface area contributed by atoms with Crippen molar-refractivity contribution in [3.05, 3.63) is 69.4 Å². The number of rotatable bonds is 6. The van der Waals surface area contributed by atoms with E-state index < -0.39 is 31.4 Å². The summed E-state index contributed by atoms with van der Waals surface area (Å²) in [6.07, 6.45) is 0.993. The van der Waals surface area contributed by atoms with Gasteiger partial charge >= 0.3 is 0 Å². The van der Waals surface area contributed by atoms with Crippen molar-refractivity contribution in [2.45, 2.75) is 4.90 Å². The van der Waals surface area contributed by atoms with Crippen LogP contribution in [0.5, 0.6) is 0 Å². The zero-order valence-electron chi connectivity index (χ0n) is 13.8. The summed E-state index contributed by atoms with van der Waals surface area (Å²) in [7, 11) is -4.46. The van der Waals surface area contributed by atoms with Crippen molar-refractivity contribution >= 4 is 44.7 Å². The predicted molar refractivity (Wildman–Crippen MR) is 100 cm³/mol. The summed E-state index contributed by atoms with van der Waals surface area (Å²) >= 11 is 5.92. The number of amides is 1. The van der Waals surface area contributed by atoms with Crippen LogP contribution in [0.2, 0.25) is 5.02 Å². The lowest BCUT2D eigenvalue weighted by atomic mass is 10.2. The number of non-ortho nitro benzene ring substituents is 1. The smallest absolute Gasteiger partial charge is 0.294 e. The van der Waals surface area contributed by atoms with Crippen molar-refractivity contribution in [1.29, 1.82) is 5.26 Å². The molecule has 0 fully saturated rings. The topological polar surface area (TPSA) is 162 Å². The lowest BCUT2D eigenvalue weighted by molar-refractivity contribution is -0.384. The van der Waals surface area contributed by atoms with E-state index in [0.717, 1.165) is 24.4 Å². The number of carbonyl (C=O) groups is 1. The molecule has 0 saturated heterocycles. The molecule has 2 aromatic carbocycles. The molecule has 0 bridgehead atoms. The van der Waals surface area contributed by atoms with Crippen molar-refractivity contribution < 1.29 is 22.7 Å². The van der Waals surface area contributed by atoms with Gasteiger partial charge in [0.25, 0.3) is 21.7 Å². The zero-order valence-corrected chi connectivity index (χ0v) is 15.4. The van der Waals surface area contributed by atoms with Crippen LogP contribution in [0, 0.1) is 21.4 Å². The summed E-state index contributed by atoms with van der Waals surface area (Å²) < 4.78 is 31.3. The van der Waals surface area contributed by atoms with E-state index in [-0.39, 0.29) is 22.1 Å². The summed E-state index contributed by atoms with van der Waals surface area (Å²) in [5.41, 5.74) is -0.537. The Hall–Kier alpha value is -3.46. The fourth-order valence-corrected chi connectivity index (χ4v) is 2.67. The van der Waals surface area contributed by atoms with E-state index in [2.05, 4.69) is 10.6 Å². The Morgan fingerprint density at radius 1 is 1.29 bits per heavy atom. The largest absolute Gasteiger partial charge is 0.359 e. The number of nitriles is 1. The highest BCUT2D eigenvalue weighted by Crippen LogP contribution is 2.27. The van der Waals surface area contributed by atoms with Crippen molar-refractivity contribution in [2.75, 3.05) is 10.6 Å². The predicted octanol–water partition coefficient (Wildman–Crippen LogP) is 2.95. The number of nitro groups is 1. The minimum Gasteiger partial charge on any atom is -0.359 e. The first-order valence-corrected chi connectivity index (χ1v) is 9.13. The number of nitrogens with one attached hydrogen (secondary N) is 2. The first-order chi connectivity index (χ1) is 13.1. The van der Waals surface area contributed by atoms with E-state index >= 15 is 0 Å². The minimum absolute atomic E-state index is 0.0228. The second-order valence-electron chi connectivity index (χ2n) is 5.19. The summed E-state index contributed by atoms with van der Waals surface area (Å²) in [6, 6.07) is 10.0. The minimum atomic E-state index is -4.46. The van der Waals surface area contributed by atoms with Crippen LogP contribution in [-0.4, -0.2) is 23.8 Å². The van der Waals surface area contributed by atoms with Crippen molar-refractivity contribution in [3.63, 3.8) is 0 Å². The van der Waals surface area contributed by atoms with Gasteiger partial charge in [-0.15, -0.1) is 0 Å². The molecule has 0 radical (unpaired) electrons. The third-order valence-electron chi connectivity index (χ3n) is 3.29. The molecule has 3 N–H and O–H groups in total. The fourth-order valence-electron chi connectivity index (χ4n) is 1.97. The molecular weight excluding hydrogens is 412 g/mol. The van der Waals surface area contributed by atoms with E-state index in [9.17, 15) is 23.3 Å². The number of hydrogen-bond donors (Lipinski definition) is 3. The molecular formula is C16H11ClN4O6S. The molecule has 28 heavy (non-hydrogen) atoms. The Bertz CT molecular complexity index is 1120. The van der Waals surface area contributed by atoms with Crippen LogP contribution in [0.25, 0.3) is 0 Å². The van der Waals surface area contributed by atoms with Crippen LogP contribution in [-0.2, 0) is 14.9 Å². The second-order valence-corrected chi connectivity index (χ2v) is 7.02. The maximum absolute atomic E-state index is 12.2. The lowest BCUT2D eigenvalue weighted by Gasteiger charge is -2.07. The molecule has 144 valence electrons. The van der Waals surface area contributed by atoms with Gasteiger partial charge in [0, 0.05) is 24.0 Å². The van der Waals surface area contributed by atoms with E-state index in [1.807, 2.05) is 0 Å². The van der Waals surface area contributed by atoms with Gasteiger partial charge < -0.3 is 10.6 Å². The lowest BCUT2D eigenvalue weighted by Crippen LogP contribution is -2.15. The third kappa shape index (κ3) is 5.27. The van der Waals surface area contributed by atoms with Gasteiger partial charge in [-0.3, -0.25) is 19.5 Å². The molecule has 0 aliphatic carbocycles. The highest BCUT2D eigenvalue weighted by atomic mass is 35.5. The van der Waals surface area contributed by atoms with E-state index in [1.165, 1.54) is 24.3 Å². The Balaban J connectivity index is 2.22. The van der Waals surface area contributed by atoms with Crippen molar-refractivity contribution in [3.8, 4) is 6.07 Å². The number of benzene rings is 2. The van der Waals surface area contributed by atoms with E-state index in [4.69, 9.17) is 21.4 Å². The van der Waals surface area contributed by atoms with Crippen molar-refractivity contribution in [1.82, 2.24) is 0 Å². The number of nitro benzene ring substituents is 1. The molecule has 1 amide bonds. The quantitative estimate of drug-likeness (QED) is 0.210. The highest BCUT2D eigenvalue weighted by Gasteiger charge is 2.14. The normalized spacial score (nSPS) is 11.4. The number of halogens is 1. The van der Waals surface area contributed by atoms with Gasteiger partial charge in [0.05, 0.1) is 20.5 Å². The Labute approximate surface area is 163 Å². The summed E-state index contributed by atoms with van der Waals surface area (Å²) in [5.74, 6) is -0.885. The Morgan fingerprint density at radius 3 is 2.61 bits per heavy atom. The van der Waals surface area contributed by atoms with Gasteiger partial charge in [-0.25, -0.2) is 0 Å². The number of nitrogens with zero attached hydrogens (tertiary/aromatic N) is 2. The molecule has 2 rings (SSSR count). The number of hydrogen-bond acceptors (Lipinski definition) is 7. The Morgan fingerprint density at radius 2 is 2.00 bits per heavy atom. The van der Waals surface area contributed by atoms with E-state index in [1.54, 1.807) is 6.07 Å². The van der Waals surface area contributed by atoms with Gasteiger partial charge in [0.15, 0.2) is 0 Å². The molecule has 0 spiro atoms. The molecule has 0 atom stereocenters. The molecule has 0 saturated carbocycles. The molecule has 0 aromatic heterocycles. The van der Waals surface area contributed by atoms with Gasteiger partial charge in [0.2, 0.25) is 0 Å². The van der Waals surface area contributed by atoms with E-state index in [0.29, 0.717) is 0 Å². The molecule has 12 heteroatoms. The van der Waals surface area contributed by atoms with Gasteiger partial charge in [-0.05, 0) is 24.3 Å². The Kier molecular flexibility index (Phi) is 6.32. The molecule has 2 aromatic rings. The first-order valence-electron chi connectivity index (χ1n) is 7.31. The maximum Gasteiger partial charge on any atom is 0.294 e. The van der Waals surface area contributed by atoms with Crippen LogP contribution in [0.3, 0.4) is 0 Å². The summed E-state index contributed by atoms with van der Waals surface area (Å²) in [6.45, 7) is 0.